The van der Waals surface area contributed by atoms with Gasteiger partial charge in [0.2, 0.25) is 0 Å². The van der Waals surface area contributed by atoms with Gasteiger partial charge in [-0.1, -0.05) is 6.07 Å². The summed E-state index contributed by atoms with van der Waals surface area (Å²) in [5, 5.41) is 0. The average Bonchev–Trinajstić information content (AvgIpc) is 2.33. The Hall–Kier alpha value is -1.97. The van der Waals surface area contributed by atoms with E-state index in [1.54, 1.807) is 0 Å². The van der Waals surface area contributed by atoms with E-state index >= 15 is 0 Å². The van der Waals surface area contributed by atoms with Crippen LogP contribution in [0.4, 0.5) is 8.78 Å². The Bertz CT molecular complexity index is 610. The van der Waals surface area contributed by atoms with Gasteiger partial charge in [0.25, 0.3) is 5.56 Å². The quantitative estimate of drug-likeness (QED) is 0.726. The lowest BCUT2D eigenvalue weighted by molar-refractivity contribution is 0.508. The number of hydrogen-bond acceptors (Lipinski definition) is 1. The van der Waals surface area contributed by atoms with Gasteiger partial charge < -0.3 is 0 Å². The van der Waals surface area contributed by atoms with E-state index in [1.807, 2.05) is 0 Å². The summed E-state index contributed by atoms with van der Waals surface area (Å²) >= 11 is 0. The zero-order valence-corrected chi connectivity index (χ0v) is 8.28. The van der Waals surface area contributed by atoms with Crippen molar-refractivity contribution in [2.24, 2.45) is 0 Å². The van der Waals surface area contributed by atoms with Gasteiger partial charge >= 0.3 is 0 Å². The third kappa shape index (κ3) is 1.86. The summed E-state index contributed by atoms with van der Waals surface area (Å²) in [6.07, 6.45) is 1.45. The molecule has 0 amide bonds. The third-order valence-electron chi connectivity index (χ3n) is 2.15. The summed E-state index contributed by atoms with van der Waals surface area (Å²) in [5.74, 6) is -1.97. The largest absolute Gasteiger partial charge is 0.284 e. The van der Waals surface area contributed by atoms with Gasteiger partial charge in [-0.05, 0) is 24.6 Å². The maximum atomic E-state index is 13.1. The first-order valence-corrected chi connectivity index (χ1v) is 4.58. The number of nitrogens with zero attached hydrogens (tertiary/aromatic N) is 1. The van der Waals surface area contributed by atoms with Gasteiger partial charge in [-0.15, -0.1) is 0 Å². The van der Waals surface area contributed by atoms with E-state index in [0.29, 0.717) is 5.56 Å². The molecule has 0 aliphatic heterocycles. The van der Waals surface area contributed by atoms with E-state index in [9.17, 15) is 13.6 Å². The van der Waals surface area contributed by atoms with E-state index in [0.717, 1.165) is 12.1 Å². The Morgan fingerprint density at radius 1 is 1.19 bits per heavy atom. The van der Waals surface area contributed by atoms with Crippen LogP contribution < -0.4 is 5.56 Å². The van der Waals surface area contributed by atoms with Gasteiger partial charge in [-0.2, -0.15) is 0 Å². The number of rotatable bonds is 1. The van der Waals surface area contributed by atoms with Crippen molar-refractivity contribution in [2.75, 3.05) is 0 Å². The average molecular weight is 222 g/mol. The highest BCUT2D eigenvalue weighted by Gasteiger charge is 2.05. The van der Waals surface area contributed by atoms with Gasteiger partial charge in [0.15, 0.2) is 11.6 Å². The van der Waals surface area contributed by atoms with Crippen LogP contribution in [0, 0.1) is 18.5 Å². The predicted octanol–water partition coefficient (Wildman–Crippen LogP) is 2.42. The lowest BCUT2D eigenvalue weighted by Crippen LogP contribution is -2.16. The molecule has 0 fully saturated rings. The molecule has 4 heteroatoms. The van der Waals surface area contributed by atoms with Gasteiger partial charge in [-0.3, -0.25) is 9.36 Å². The van der Waals surface area contributed by atoms with E-state index in [1.165, 1.54) is 29.0 Å². The fourth-order valence-electron chi connectivity index (χ4n) is 1.37. The molecule has 0 radical (unpaired) electrons. The molecule has 16 heavy (non-hydrogen) atoms. The molecule has 0 aliphatic rings. The second-order valence-electron chi connectivity index (χ2n) is 3.34. The monoisotopic (exact) mass is 222 g/mol. The van der Waals surface area contributed by atoms with Crippen LogP contribution in [0.15, 0.2) is 41.3 Å². The molecule has 2 nitrogen and oxygen atoms in total. The molecule has 1 aromatic carbocycles. The number of pyridine rings is 1. The summed E-state index contributed by atoms with van der Waals surface area (Å²) in [5.41, 5.74) is 0.506. The second kappa shape index (κ2) is 3.89. The highest BCUT2D eigenvalue weighted by Crippen LogP contribution is 2.11. The van der Waals surface area contributed by atoms with Gasteiger partial charge in [0, 0.05) is 19.7 Å². The highest BCUT2D eigenvalue weighted by atomic mass is 19.2. The lowest BCUT2D eigenvalue weighted by atomic mass is 10.2. The molecular formula is C12H9F2NO. The van der Waals surface area contributed by atoms with Crippen molar-refractivity contribution < 1.29 is 10.2 Å². The van der Waals surface area contributed by atoms with Crippen LogP contribution >= 0.6 is 0 Å². The summed E-state index contributed by atoms with van der Waals surface area (Å²) in [4.78, 5) is 11.6. The molecule has 0 spiro atoms. The van der Waals surface area contributed by atoms with Crippen LogP contribution in [0.2, 0.25) is 0 Å². The summed E-state index contributed by atoms with van der Waals surface area (Å²) in [7, 11) is 0. The van der Waals surface area contributed by atoms with Crippen LogP contribution in [-0.4, -0.2) is 4.57 Å². The second-order valence-corrected chi connectivity index (χ2v) is 3.34. The molecule has 1 aromatic heterocycles. The normalized spacial score (nSPS) is 11.2. The van der Waals surface area contributed by atoms with E-state index < -0.39 is 11.6 Å². The number of hydrogen-bond donors (Lipinski definition) is 0. The molecule has 82 valence electrons. The number of aromatic nitrogens is 1. The predicted molar refractivity (Wildman–Crippen MR) is 56.7 cm³/mol. The minimum Gasteiger partial charge on any atom is -0.284 e. The molecule has 2 aromatic rings. The van der Waals surface area contributed by atoms with Gasteiger partial charge in [0.05, 0.1) is 5.69 Å². The fraction of sp³-hybridized carbons (Fsp3) is 0.0833. The van der Waals surface area contributed by atoms with E-state index in [-0.39, 0.29) is 18.1 Å². The topological polar surface area (TPSA) is 22.0 Å². The first-order valence-electron chi connectivity index (χ1n) is 5.29. The van der Waals surface area contributed by atoms with Crippen molar-refractivity contribution in [2.45, 2.75) is 6.90 Å². The Labute approximate surface area is 92.2 Å². The minimum absolute atomic E-state index is 0.0178. The molecule has 2 rings (SSSR count). The number of aryl methyl sites for hydroxylation is 1. The minimum atomic E-state index is -1.01. The Balaban J connectivity index is 2.59. The maximum Gasteiger partial charge on any atom is 0.255 e. The van der Waals surface area contributed by atoms with Crippen molar-refractivity contribution in [3.63, 3.8) is 0 Å². The fourth-order valence-corrected chi connectivity index (χ4v) is 1.37. The van der Waals surface area contributed by atoms with Gasteiger partial charge in [-0.25, -0.2) is 8.78 Å². The summed E-state index contributed by atoms with van der Waals surface area (Å²) in [6, 6.07) is 6.05. The molecule has 0 aliphatic carbocycles. The number of benzene rings is 1. The van der Waals surface area contributed by atoms with Crippen molar-refractivity contribution in [3.8, 4) is 5.69 Å². The summed E-state index contributed by atoms with van der Waals surface area (Å²) in [6.45, 7) is 0.0178. The zero-order valence-electron chi connectivity index (χ0n) is 9.28. The lowest BCUT2D eigenvalue weighted by Gasteiger charge is -2.06. The standard InChI is InChI=1S/C12H9F2NO/c1-8-2-5-12(16)15(7-8)9-3-4-10(13)11(14)6-9/h2-7H,1H3/i1D. The van der Waals surface area contributed by atoms with E-state index in [4.69, 9.17) is 1.37 Å². The molecule has 0 N–H and O–H groups in total. The summed E-state index contributed by atoms with van der Waals surface area (Å²) < 4.78 is 34.2. The molecule has 0 unspecified atom stereocenters. The maximum absolute atomic E-state index is 13.1. The Morgan fingerprint density at radius 2 is 2.00 bits per heavy atom. The molecule has 0 saturated carbocycles. The van der Waals surface area contributed by atoms with E-state index in [2.05, 4.69) is 0 Å². The van der Waals surface area contributed by atoms with Crippen LogP contribution in [0.5, 0.6) is 0 Å². The van der Waals surface area contributed by atoms with Crippen molar-refractivity contribution in [3.05, 3.63) is 64.1 Å². The first kappa shape index (κ1) is 9.27. The molecule has 1 heterocycles. The van der Waals surface area contributed by atoms with Crippen LogP contribution in [-0.2, 0) is 0 Å². The number of halogens is 2. The molecule has 0 atom stereocenters. The Morgan fingerprint density at radius 3 is 2.69 bits per heavy atom. The van der Waals surface area contributed by atoms with Crippen LogP contribution in [0.25, 0.3) is 5.69 Å². The first-order chi connectivity index (χ1) is 8.11. The Kier molecular flexibility index (Phi) is 2.25. The SMILES string of the molecule is [2H]Cc1ccc(=O)n(-c2ccc(F)c(F)c2)c1. The molecule has 0 bridgehead atoms. The van der Waals surface area contributed by atoms with Crippen LogP contribution in [0.3, 0.4) is 0 Å². The third-order valence-corrected chi connectivity index (χ3v) is 2.15. The smallest absolute Gasteiger partial charge is 0.255 e. The van der Waals surface area contributed by atoms with Crippen molar-refractivity contribution in [1.82, 2.24) is 4.57 Å². The zero-order chi connectivity index (χ0) is 12.4. The van der Waals surface area contributed by atoms with Crippen molar-refractivity contribution in [1.29, 1.82) is 0 Å². The molecule has 0 saturated heterocycles. The molecular weight excluding hydrogens is 212 g/mol. The van der Waals surface area contributed by atoms with Crippen molar-refractivity contribution >= 4 is 0 Å². The van der Waals surface area contributed by atoms with Gasteiger partial charge in [0.1, 0.15) is 0 Å². The highest BCUT2D eigenvalue weighted by molar-refractivity contribution is 5.33. The van der Waals surface area contributed by atoms with Crippen LogP contribution in [0.1, 0.15) is 6.93 Å².